The summed E-state index contributed by atoms with van der Waals surface area (Å²) in [6.07, 6.45) is 3.83. The van der Waals surface area contributed by atoms with Crippen LogP contribution < -0.4 is 5.73 Å². The molecule has 1 saturated carbocycles. The van der Waals surface area contributed by atoms with Gasteiger partial charge in [-0.2, -0.15) is 4.98 Å². The fourth-order valence-corrected chi connectivity index (χ4v) is 1.52. The average molecular weight is 216 g/mol. The smallest absolute Gasteiger partial charge is 0.276 e. The highest BCUT2D eigenvalue weighted by atomic mass is 16.5. The third-order valence-corrected chi connectivity index (χ3v) is 2.97. The van der Waals surface area contributed by atoms with Crippen molar-refractivity contribution in [2.75, 3.05) is 5.73 Å². The quantitative estimate of drug-likeness (QED) is 0.827. The number of pyridine rings is 1. The lowest BCUT2D eigenvalue weighted by Gasteiger charge is -1.97. The molecule has 16 heavy (non-hydrogen) atoms. The van der Waals surface area contributed by atoms with Crippen LogP contribution in [0.4, 0.5) is 5.69 Å². The first-order valence-corrected chi connectivity index (χ1v) is 5.23. The zero-order valence-corrected chi connectivity index (χ0v) is 8.97. The first kappa shape index (κ1) is 9.33. The van der Waals surface area contributed by atoms with E-state index in [1.54, 1.807) is 18.3 Å². The Balaban J connectivity index is 1.95. The van der Waals surface area contributed by atoms with Gasteiger partial charge in [0.05, 0.1) is 11.9 Å². The van der Waals surface area contributed by atoms with Gasteiger partial charge in [0.2, 0.25) is 0 Å². The molecule has 0 atom stereocenters. The summed E-state index contributed by atoms with van der Waals surface area (Å²) >= 11 is 0. The van der Waals surface area contributed by atoms with E-state index in [4.69, 9.17) is 10.3 Å². The third kappa shape index (κ3) is 1.44. The summed E-state index contributed by atoms with van der Waals surface area (Å²) in [5.74, 6) is 1.24. The average Bonchev–Trinajstić information content (AvgIpc) is 2.84. The van der Waals surface area contributed by atoms with Crippen molar-refractivity contribution in [3.63, 3.8) is 0 Å². The summed E-state index contributed by atoms with van der Waals surface area (Å²) in [6.45, 7) is 2.14. The Morgan fingerprint density at radius 2 is 2.19 bits per heavy atom. The van der Waals surface area contributed by atoms with Crippen LogP contribution >= 0.6 is 0 Å². The lowest BCUT2D eigenvalue weighted by molar-refractivity contribution is 0.415. The molecular formula is C11H12N4O. The molecule has 0 aromatic carbocycles. The molecule has 1 fully saturated rings. The summed E-state index contributed by atoms with van der Waals surface area (Å²) in [4.78, 5) is 8.51. The van der Waals surface area contributed by atoms with Crippen LogP contribution in [-0.4, -0.2) is 15.1 Å². The van der Waals surface area contributed by atoms with Gasteiger partial charge in [-0.1, -0.05) is 12.1 Å². The van der Waals surface area contributed by atoms with Crippen molar-refractivity contribution in [3.05, 3.63) is 24.2 Å². The monoisotopic (exact) mass is 216 g/mol. The number of nitrogens with two attached hydrogens (primary N) is 1. The van der Waals surface area contributed by atoms with Crippen LogP contribution in [-0.2, 0) is 5.41 Å². The molecule has 3 rings (SSSR count). The molecule has 2 aromatic rings. The predicted molar refractivity (Wildman–Crippen MR) is 58.5 cm³/mol. The normalized spacial score (nSPS) is 17.3. The number of anilines is 1. The van der Waals surface area contributed by atoms with Crippen LogP contribution in [0.1, 0.15) is 25.6 Å². The van der Waals surface area contributed by atoms with E-state index in [1.807, 2.05) is 0 Å². The molecular weight excluding hydrogens is 204 g/mol. The standard InChI is InChI=1S/C11H12N4O/c1-11(4-5-11)10-14-9(16-15-10)8-3-2-7(12)6-13-8/h2-3,6H,4-5,12H2,1H3. The zero-order chi connectivity index (χ0) is 11.2. The first-order valence-electron chi connectivity index (χ1n) is 5.23. The Bertz CT molecular complexity index is 513. The Kier molecular flexibility index (Phi) is 1.77. The van der Waals surface area contributed by atoms with Crippen LogP contribution in [0.3, 0.4) is 0 Å². The van der Waals surface area contributed by atoms with Gasteiger partial charge in [0, 0.05) is 5.41 Å². The lowest BCUT2D eigenvalue weighted by atomic mass is 10.1. The number of aromatic nitrogens is 3. The maximum absolute atomic E-state index is 5.56. The van der Waals surface area contributed by atoms with E-state index < -0.39 is 0 Å². The molecule has 2 aromatic heterocycles. The van der Waals surface area contributed by atoms with Gasteiger partial charge in [0.25, 0.3) is 5.89 Å². The summed E-state index contributed by atoms with van der Waals surface area (Å²) in [6, 6.07) is 3.55. The molecule has 0 unspecified atom stereocenters. The van der Waals surface area contributed by atoms with Crippen LogP contribution in [0.25, 0.3) is 11.6 Å². The number of hydrogen-bond donors (Lipinski definition) is 1. The van der Waals surface area contributed by atoms with Crippen molar-refractivity contribution >= 4 is 5.69 Å². The molecule has 0 spiro atoms. The zero-order valence-electron chi connectivity index (χ0n) is 8.97. The van der Waals surface area contributed by atoms with Crippen LogP contribution in [0.5, 0.6) is 0 Å². The lowest BCUT2D eigenvalue weighted by Crippen LogP contribution is -2.01. The third-order valence-electron chi connectivity index (χ3n) is 2.97. The minimum absolute atomic E-state index is 0.121. The minimum atomic E-state index is 0.121. The number of rotatable bonds is 2. The van der Waals surface area contributed by atoms with Gasteiger partial charge < -0.3 is 10.3 Å². The maximum atomic E-state index is 5.56. The first-order chi connectivity index (χ1) is 7.67. The van der Waals surface area contributed by atoms with E-state index >= 15 is 0 Å². The molecule has 82 valence electrons. The molecule has 5 heteroatoms. The molecule has 0 amide bonds. The second-order valence-electron chi connectivity index (χ2n) is 4.46. The molecule has 0 aliphatic heterocycles. The number of nitrogen functional groups attached to an aromatic ring is 1. The van der Waals surface area contributed by atoms with Gasteiger partial charge in [0.15, 0.2) is 5.82 Å². The largest absolute Gasteiger partial charge is 0.397 e. The molecule has 0 bridgehead atoms. The second kappa shape index (κ2) is 3.04. The minimum Gasteiger partial charge on any atom is -0.397 e. The number of hydrogen-bond acceptors (Lipinski definition) is 5. The highest BCUT2D eigenvalue weighted by Crippen LogP contribution is 2.46. The van der Waals surface area contributed by atoms with E-state index in [1.165, 1.54) is 0 Å². The molecule has 2 heterocycles. The SMILES string of the molecule is CC1(c2noc(-c3ccc(N)cn3)n2)CC1. The van der Waals surface area contributed by atoms with Crippen molar-refractivity contribution in [2.45, 2.75) is 25.2 Å². The van der Waals surface area contributed by atoms with E-state index in [0.29, 0.717) is 17.3 Å². The maximum Gasteiger partial charge on any atom is 0.276 e. The van der Waals surface area contributed by atoms with E-state index in [-0.39, 0.29) is 5.41 Å². The summed E-state index contributed by atoms with van der Waals surface area (Å²) in [5.41, 5.74) is 6.97. The van der Waals surface area contributed by atoms with E-state index in [2.05, 4.69) is 22.0 Å². The summed E-state index contributed by atoms with van der Waals surface area (Å²) < 4.78 is 5.19. The molecule has 5 nitrogen and oxygen atoms in total. The van der Waals surface area contributed by atoms with Gasteiger partial charge in [-0.25, -0.2) is 4.98 Å². The number of nitrogens with zero attached hydrogens (tertiary/aromatic N) is 3. The van der Waals surface area contributed by atoms with Gasteiger partial charge in [-0.05, 0) is 25.0 Å². The highest BCUT2D eigenvalue weighted by molar-refractivity contribution is 5.50. The van der Waals surface area contributed by atoms with Crippen LogP contribution in [0, 0.1) is 0 Å². The van der Waals surface area contributed by atoms with Gasteiger partial charge >= 0.3 is 0 Å². The van der Waals surface area contributed by atoms with Crippen molar-refractivity contribution in [2.24, 2.45) is 0 Å². The molecule has 0 radical (unpaired) electrons. The Morgan fingerprint density at radius 3 is 2.81 bits per heavy atom. The van der Waals surface area contributed by atoms with Crippen molar-refractivity contribution < 1.29 is 4.52 Å². The molecule has 1 aliphatic rings. The second-order valence-corrected chi connectivity index (χ2v) is 4.46. The van der Waals surface area contributed by atoms with E-state index in [9.17, 15) is 0 Å². The predicted octanol–water partition coefficient (Wildman–Crippen LogP) is 1.77. The topological polar surface area (TPSA) is 77.8 Å². The van der Waals surface area contributed by atoms with Crippen LogP contribution in [0.2, 0.25) is 0 Å². The molecule has 1 aliphatic carbocycles. The van der Waals surface area contributed by atoms with Gasteiger partial charge in [0.1, 0.15) is 5.69 Å². The Morgan fingerprint density at radius 1 is 1.38 bits per heavy atom. The van der Waals surface area contributed by atoms with Crippen molar-refractivity contribution in [1.29, 1.82) is 0 Å². The van der Waals surface area contributed by atoms with Gasteiger partial charge in [-0.3, -0.25) is 0 Å². The molecule has 0 saturated heterocycles. The summed E-state index contributed by atoms with van der Waals surface area (Å²) in [5, 5.41) is 3.99. The summed E-state index contributed by atoms with van der Waals surface area (Å²) in [7, 11) is 0. The van der Waals surface area contributed by atoms with Crippen molar-refractivity contribution in [1.82, 2.24) is 15.1 Å². The van der Waals surface area contributed by atoms with Crippen molar-refractivity contribution in [3.8, 4) is 11.6 Å². The Labute approximate surface area is 92.7 Å². The van der Waals surface area contributed by atoms with Crippen LogP contribution in [0.15, 0.2) is 22.9 Å². The van der Waals surface area contributed by atoms with E-state index in [0.717, 1.165) is 18.7 Å². The Hall–Kier alpha value is -1.91. The fraction of sp³-hybridized carbons (Fsp3) is 0.364. The highest BCUT2D eigenvalue weighted by Gasteiger charge is 2.43. The molecule has 2 N–H and O–H groups in total. The fourth-order valence-electron chi connectivity index (χ4n) is 1.52. The van der Waals surface area contributed by atoms with Gasteiger partial charge in [-0.15, -0.1) is 0 Å².